The van der Waals surface area contributed by atoms with Gasteiger partial charge in [-0.3, -0.25) is 14.9 Å². The molecule has 7 heteroatoms. The number of halogens is 1. The fourth-order valence-electron chi connectivity index (χ4n) is 2.34. The number of carbonyl (C=O) groups is 1. The lowest BCUT2D eigenvalue weighted by atomic mass is 9.91. The van der Waals surface area contributed by atoms with Gasteiger partial charge in [0, 0.05) is 19.2 Å². The van der Waals surface area contributed by atoms with Crippen LogP contribution in [0.4, 0.5) is 15.9 Å². The van der Waals surface area contributed by atoms with E-state index in [0.29, 0.717) is 11.1 Å². The van der Waals surface area contributed by atoms with Gasteiger partial charge in [0.05, 0.1) is 4.92 Å². The zero-order valence-corrected chi connectivity index (χ0v) is 13.0. The van der Waals surface area contributed by atoms with E-state index in [9.17, 15) is 19.3 Å². The molecule has 120 valence electrons. The van der Waals surface area contributed by atoms with Crippen molar-refractivity contribution in [1.29, 1.82) is 0 Å². The van der Waals surface area contributed by atoms with E-state index in [1.165, 1.54) is 31.4 Å². The number of aryl methyl sites for hydroxylation is 1. The highest BCUT2D eigenvalue weighted by atomic mass is 19.1. The average Bonchev–Trinajstić information content (AvgIpc) is 2.55. The molecule has 2 aromatic rings. The molecule has 0 saturated heterocycles. The lowest BCUT2D eigenvalue weighted by molar-refractivity contribution is -0.384. The summed E-state index contributed by atoms with van der Waals surface area (Å²) in [6, 6.07) is 5.70. The average molecular weight is 317 g/mol. The lowest BCUT2D eigenvalue weighted by Crippen LogP contribution is -2.14. The van der Waals surface area contributed by atoms with Gasteiger partial charge < -0.3 is 5.32 Å². The molecule has 0 fully saturated rings. The quantitative estimate of drug-likeness (QED) is 0.518. The Morgan fingerprint density at radius 3 is 2.65 bits per heavy atom. The van der Waals surface area contributed by atoms with E-state index in [-0.39, 0.29) is 22.9 Å². The number of anilines is 1. The van der Waals surface area contributed by atoms with Crippen molar-refractivity contribution in [3.63, 3.8) is 0 Å². The molecule has 0 spiro atoms. The summed E-state index contributed by atoms with van der Waals surface area (Å²) in [6.45, 7) is 3.24. The molecular weight excluding hydrogens is 301 g/mol. The predicted molar refractivity (Wildman–Crippen MR) is 84.3 cm³/mol. The molecule has 1 N–H and O–H groups in total. The van der Waals surface area contributed by atoms with Crippen LogP contribution in [0.15, 0.2) is 30.5 Å². The van der Waals surface area contributed by atoms with Gasteiger partial charge in [-0.15, -0.1) is 0 Å². The van der Waals surface area contributed by atoms with Crippen LogP contribution >= 0.6 is 0 Å². The van der Waals surface area contributed by atoms with Gasteiger partial charge >= 0.3 is 5.69 Å². The van der Waals surface area contributed by atoms with E-state index < -0.39 is 16.6 Å². The molecule has 2 rings (SSSR count). The number of ketones is 1. The Morgan fingerprint density at radius 1 is 1.39 bits per heavy atom. The molecule has 1 atom stereocenters. The van der Waals surface area contributed by atoms with Crippen molar-refractivity contribution in [2.24, 2.45) is 0 Å². The Hall–Kier alpha value is -2.83. The lowest BCUT2D eigenvalue weighted by Gasteiger charge is -2.13. The van der Waals surface area contributed by atoms with E-state index in [0.717, 1.165) is 0 Å². The molecule has 1 heterocycles. The second-order valence-corrected chi connectivity index (χ2v) is 5.16. The Labute approximate surface area is 132 Å². The van der Waals surface area contributed by atoms with Crippen LogP contribution < -0.4 is 5.32 Å². The number of carbonyl (C=O) groups excluding carboxylic acids is 1. The van der Waals surface area contributed by atoms with Gasteiger partial charge in [-0.1, -0.05) is 19.1 Å². The summed E-state index contributed by atoms with van der Waals surface area (Å²) >= 11 is 0. The van der Waals surface area contributed by atoms with Crippen molar-refractivity contribution in [2.75, 3.05) is 12.4 Å². The second-order valence-electron chi connectivity index (χ2n) is 5.16. The molecule has 6 nitrogen and oxygen atoms in total. The first-order valence-corrected chi connectivity index (χ1v) is 6.98. The number of rotatable bonds is 5. The third-order valence-electron chi connectivity index (χ3n) is 3.68. The van der Waals surface area contributed by atoms with E-state index in [1.807, 2.05) is 0 Å². The minimum Gasteiger partial charge on any atom is -0.367 e. The number of benzene rings is 1. The van der Waals surface area contributed by atoms with Gasteiger partial charge in [0.1, 0.15) is 11.4 Å². The predicted octanol–water partition coefficient (Wildman–Crippen LogP) is 3.47. The van der Waals surface area contributed by atoms with Gasteiger partial charge in [-0.05, 0) is 30.2 Å². The Kier molecular flexibility index (Phi) is 4.68. The summed E-state index contributed by atoms with van der Waals surface area (Å²) in [5.41, 5.74) is 0.642. The minimum atomic E-state index is -0.639. The normalized spacial score (nSPS) is 11.8. The first kappa shape index (κ1) is 16.5. The third-order valence-corrected chi connectivity index (χ3v) is 3.68. The van der Waals surface area contributed by atoms with E-state index >= 15 is 0 Å². The second kappa shape index (κ2) is 6.51. The number of nitrogens with one attached hydrogen (secondary N) is 1. The number of aromatic nitrogens is 1. The molecule has 1 aromatic carbocycles. The summed E-state index contributed by atoms with van der Waals surface area (Å²) in [4.78, 5) is 27.2. The standard InChI is InChI=1S/C16H16FN3O3/c1-9-8-11(4-5-13(9)17)10(2)15(21)12-6-7-19-16(18-3)14(12)20(22)23/h4-8,10H,1-3H3,(H,18,19). The Balaban J connectivity index is 2.47. The van der Waals surface area contributed by atoms with E-state index in [4.69, 9.17) is 0 Å². The molecular formula is C16H16FN3O3. The third kappa shape index (κ3) is 3.18. The number of pyridine rings is 1. The molecule has 0 aliphatic heterocycles. The van der Waals surface area contributed by atoms with Crippen LogP contribution in [-0.2, 0) is 0 Å². The summed E-state index contributed by atoms with van der Waals surface area (Å²) in [5.74, 6) is -1.38. The van der Waals surface area contributed by atoms with Crippen LogP contribution in [0.1, 0.15) is 34.3 Å². The molecule has 0 aliphatic carbocycles. The van der Waals surface area contributed by atoms with Crippen LogP contribution in [0, 0.1) is 22.9 Å². The van der Waals surface area contributed by atoms with Crippen molar-refractivity contribution in [3.05, 3.63) is 63.1 Å². The molecule has 0 bridgehead atoms. The van der Waals surface area contributed by atoms with Gasteiger partial charge in [-0.2, -0.15) is 0 Å². The first-order chi connectivity index (χ1) is 10.9. The van der Waals surface area contributed by atoms with Gasteiger partial charge in [-0.25, -0.2) is 9.37 Å². The van der Waals surface area contributed by atoms with Crippen molar-refractivity contribution < 1.29 is 14.1 Å². The van der Waals surface area contributed by atoms with Crippen molar-refractivity contribution in [2.45, 2.75) is 19.8 Å². The van der Waals surface area contributed by atoms with E-state index in [2.05, 4.69) is 10.3 Å². The van der Waals surface area contributed by atoms with Crippen molar-refractivity contribution in [1.82, 2.24) is 4.98 Å². The van der Waals surface area contributed by atoms with Crippen LogP contribution in [0.5, 0.6) is 0 Å². The highest BCUT2D eigenvalue weighted by molar-refractivity contribution is 6.05. The van der Waals surface area contributed by atoms with Crippen LogP contribution in [0.25, 0.3) is 0 Å². The zero-order chi connectivity index (χ0) is 17.1. The number of nitro groups is 1. The topological polar surface area (TPSA) is 85.1 Å². The maximum Gasteiger partial charge on any atom is 0.322 e. The molecule has 0 amide bonds. The fraction of sp³-hybridized carbons (Fsp3) is 0.250. The highest BCUT2D eigenvalue weighted by Gasteiger charge is 2.28. The van der Waals surface area contributed by atoms with Crippen molar-refractivity contribution >= 4 is 17.3 Å². The highest BCUT2D eigenvalue weighted by Crippen LogP contribution is 2.31. The zero-order valence-electron chi connectivity index (χ0n) is 13.0. The summed E-state index contributed by atoms with van der Waals surface area (Å²) in [7, 11) is 1.50. The van der Waals surface area contributed by atoms with Crippen LogP contribution in [0.3, 0.4) is 0 Å². The van der Waals surface area contributed by atoms with Gasteiger partial charge in [0.25, 0.3) is 0 Å². The summed E-state index contributed by atoms with van der Waals surface area (Å²) in [6.07, 6.45) is 1.34. The fourth-order valence-corrected chi connectivity index (χ4v) is 2.34. The number of Topliss-reactive ketones (excluding diaryl/α,β-unsaturated/α-hetero) is 1. The first-order valence-electron chi connectivity index (χ1n) is 6.98. The summed E-state index contributed by atoms with van der Waals surface area (Å²) < 4.78 is 13.4. The molecule has 0 aliphatic rings. The maximum absolute atomic E-state index is 13.4. The molecule has 0 saturated carbocycles. The maximum atomic E-state index is 13.4. The Morgan fingerprint density at radius 2 is 2.09 bits per heavy atom. The monoisotopic (exact) mass is 317 g/mol. The molecule has 1 aromatic heterocycles. The molecule has 0 radical (unpaired) electrons. The smallest absolute Gasteiger partial charge is 0.322 e. The number of hydrogen-bond donors (Lipinski definition) is 1. The SMILES string of the molecule is CNc1nccc(C(=O)C(C)c2ccc(F)c(C)c2)c1[N+](=O)[O-]. The van der Waals surface area contributed by atoms with Gasteiger partial charge in [0.2, 0.25) is 5.82 Å². The van der Waals surface area contributed by atoms with Crippen LogP contribution in [-0.4, -0.2) is 22.7 Å². The summed E-state index contributed by atoms with van der Waals surface area (Å²) in [5, 5.41) is 13.9. The molecule has 1 unspecified atom stereocenters. The van der Waals surface area contributed by atoms with E-state index in [1.54, 1.807) is 19.9 Å². The van der Waals surface area contributed by atoms with Crippen LogP contribution in [0.2, 0.25) is 0 Å². The van der Waals surface area contributed by atoms with Gasteiger partial charge in [0.15, 0.2) is 5.78 Å². The Bertz CT molecular complexity index is 777. The number of nitrogens with zero attached hydrogens (tertiary/aromatic N) is 2. The minimum absolute atomic E-state index is 0.0242. The van der Waals surface area contributed by atoms with Crippen molar-refractivity contribution in [3.8, 4) is 0 Å². The largest absolute Gasteiger partial charge is 0.367 e. The number of hydrogen-bond acceptors (Lipinski definition) is 5. The molecule has 23 heavy (non-hydrogen) atoms.